The lowest BCUT2D eigenvalue weighted by molar-refractivity contribution is 0.591. The summed E-state index contributed by atoms with van der Waals surface area (Å²) in [6.07, 6.45) is 0. The number of para-hydroxylation sites is 3. The highest BCUT2D eigenvalue weighted by Crippen LogP contribution is 2.52. The first kappa shape index (κ1) is 50.1. The summed E-state index contributed by atoms with van der Waals surface area (Å²) in [7, 11) is 1.14. The Kier molecular flexibility index (Phi) is 12.5. The van der Waals surface area contributed by atoms with Crippen molar-refractivity contribution in [1.82, 2.24) is 0 Å². The van der Waals surface area contributed by atoms with Crippen LogP contribution in [-0.2, 0) is 5.41 Å². The quantitative estimate of drug-likeness (QED) is 0.0945. The Morgan fingerprint density at radius 1 is 0.420 bits per heavy atom. The SMILES string of the molecule is CN(C)c1ccc2c(c1)B1c3sc4ccc(C(C)(C)C)cc4c3N(c3ccccc3)c3cc([Si](c4ccccc4)(c4ccccc4)c4ccccc4)cc(c31)N2c1ccc(-c2ccccc2)cc1N(c1ccccc1)c1ccccc1. The number of thiophene rings is 1. The first-order valence-electron chi connectivity index (χ1n) is 28.1. The molecule has 2 aliphatic rings. The maximum Gasteiger partial charge on any atom is 0.264 e. The third kappa shape index (κ3) is 8.41. The van der Waals surface area contributed by atoms with Crippen LogP contribution in [0.2, 0.25) is 0 Å². The smallest absolute Gasteiger partial charge is 0.264 e. The van der Waals surface area contributed by atoms with Crippen LogP contribution in [0.4, 0.5) is 56.9 Å². The number of fused-ring (bicyclic) bond motifs is 6. The third-order valence-corrected chi connectivity index (χ3v) is 22.7. The highest BCUT2D eigenvalue weighted by atomic mass is 32.1. The second-order valence-corrected chi connectivity index (χ2v) is 27.6. The molecule has 81 heavy (non-hydrogen) atoms. The second kappa shape index (κ2) is 20.2. The first-order valence-corrected chi connectivity index (χ1v) is 31.0. The maximum atomic E-state index is 2.65. The number of anilines is 10. The molecule has 7 heteroatoms. The molecule has 1 aromatic heterocycles. The summed E-state index contributed by atoms with van der Waals surface area (Å²) in [5, 5.41) is 6.58. The maximum absolute atomic E-state index is 3.21. The Morgan fingerprint density at radius 3 is 1.47 bits per heavy atom. The summed E-state index contributed by atoms with van der Waals surface area (Å²) >= 11 is 1.96. The highest BCUT2D eigenvalue weighted by molar-refractivity contribution is 7.33. The van der Waals surface area contributed by atoms with Gasteiger partial charge >= 0.3 is 0 Å². The van der Waals surface area contributed by atoms with Crippen LogP contribution >= 0.6 is 11.3 Å². The van der Waals surface area contributed by atoms with Crippen molar-refractivity contribution in [1.29, 1.82) is 0 Å². The van der Waals surface area contributed by atoms with Crippen molar-refractivity contribution in [2.45, 2.75) is 26.2 Å². The van der Waals surface area contributed by atoms with Crippen LogP contribution in [-0.4, -0.2) is 28.9 Å². The Balaban J connectivity index is 1.18. The minimum atomic E-state index is -3.21. The average molecular weight is 1080 g/mol. The van der Waals surface area contributed by atoms with E-state index in [1.54, 1.807) is 0 Å². The van der Waals surface area contributed by atoms with Gasteiger partial charge < -0.3 is 19.6 Å². The van der Waals surface area contributed by atoms with Crippen molar-refractivity contribution in [2.75, 3.05) is 33.7 Å². The summed E-state index contributed by atoms with van der Waals surface area (Å²) < 4.78 is 2.64. The zero-order valence-electron chi connectivity index (χ0n) is 46.3. The van der Waals surface area contributed by atoms with Gasteiger partial charge in [-0.2, -0.15) is 0 Å². The van der Waals surface area contributed by atoms with Gasteiger partial charge in [-0.1, -0.05) is 209 Å². The molecule has 0 amide bonds. The molecule has 0 radical (unpaired) electrons. The zero-order chi connectivity index (χ0) is 54.8. The molecule has 0 aliphatic carbocycles. The van der Waals surface area contributed by atoms with Crippen LogP contribution in [0.3, 0.4) is 0 Å². The zero-order valence-corrected chi connectivity index (χ0v) is 48.1. The summed E-state index contributed by atoms with van der Waals surface area (Å²) in [4.78, 5) is 10.0. The van der Waals surface area contributed by atoms with Crippen molar-refractivity contribution < 1.29 is 0 Å². The molecular weight excluding hydrogens is 1020 g/mol. The third-order valence-electron chi connectivity index (χ3n) is 16.7. The van der Waals surface area contributed by atoms with Gasteiger partial charge in [-0.15, -0.1) is 11.3 Å². The Labute approximate surface area is 482 Å². The largest absolute Gasteiger partial charge is 0.378 e. The number of nitrogens with zero attached hydrogens (tertiary/aromatic N) is 4. The van der Waals surface area contributed by atoms with Crippen LogP contribution < -0.4 is 56.0 Å². The lowest BCUT2D eigenvalue weighted by Crippen LogP contribution is -2.75. The van der Waals surface area contributed by atoms with Crippen LogP contribution in [0.5, 0.6) is 0 Å². The van der Waals surface area contributed by atoms with Crippen molar-refractivity contribution in [3.05, 3.63) is 285 Å². The summed E-state index contributed by atoms with van der Waals surface area (Å²) in [6.45, 7) is 6.91. The van der Waals surface area contributed by atoms with Gasteiger partial charge in [0.15, 0.2) is 8.07 Å². The molecule has 0 unspecified atom stereocenters. The molecule has 390 valence electrons. The van der Waals surface area contributed by atoms with E-state index >= 15 is 0 Å². The number of hydrogen-bond donors (Lipinski definition) is 0. The molecule has 0 bridgehead atoms. The fourth-order valence-electron chi connectivity index (χ4n) is 12.9. The standard InChI is InChI=1S/C74H61BN4SSi/c1-74(2,3)54-42-46-70-63(48-54)72-73(80-70)75-64-49-58(76(4)5)43-45-65(64)79(66-44-41-53(52-27-13-6-14-28-52)47-67(66)77(55-29-15-7-16-30-55)56-31-17-8-18-32-56)69-51-62(50-68(71(69)75)78(72)57-33-19-9-20-34-57)81(59-35-21-10-22-36-59,60-37-23-11-24-38-60)61-39-25-12-26-40-61/h6-51H,1-5H3. The lowest BCUT2D eigenvalue weighted by Gasteiger charge is -2.46. The lowest BCUT2D eigenvalue weighted by atomic mass is 9.36. The highest BCUT2D eigenvalue weighted by Gasteiger charge is 2.49. The molecule has 0 atom stereocenters. The van der Waals surface area contributed by atoms with E-state index in [-0.39, 0.29) is 12.1 Å². The van der Waals surface area contributed by atoms with Crippen LogP contribution in [0, 0.1) is 0 Å². The molecule has 4 nitrogen and oxygen atoms in total. The van der Waals surface area contributed by atoms with Gasteiger partial charge in [0.2, 0.25) is 0 Å². The molecule has 14 rings (SSSR count). The minimum absolute atomic E-state index is 0.0561. The number of rotatable bonds is 11. The van der Waals surface area contributed by atoms with E-state index in [2.05, 4.69) is 334 Å². The van der Waals surface area contributed by atoms with Gasteiger partial charge in [0.05, 0.1) is 17.1 Å². The Hall–Kier alpha value is -9.14. The van der Waals surface area contributed by atoms with Crippen LogP contribution in [0.1, 0.15) is 26.3 Å². The molecule has 0 saturated heterocycles. The van der Waals surface area contributed by atoms with E-state index in [0.29, 0.717) is 0 Å². The molecule has 3 heterocycles. The fourth-order valence-corrected chi connectivity index (χ4v) is 19.0. The molecule has 0 fully saturated rings. The Bertz CT molecular complexity index is 4110. The van der Waals surface area contributed by atoms with Gasteiger partial charge in [0, 0.05) is 68.8 Å². The van der Waals surface area contributed by atoms with Crippen molar-refractivity contribution >= 4 is 130 Å². The normalized spacial score (nSPS) is 12.7. The van der Waals surface area contributed by atoms with E-state index in [9.17, 15) is 0 Å². The molecule has 0 saturated carbocycles. The van der Waals surface area contributed by atoms with Crippen molar-refractivity contribution in [3.63, 3.8) is 0 Å². The molecule has 0 N–H and O–H groups in total. The van der Waals surface area contributed by atoms with E-state index in [1.807, 2.05) is 11.3 Å². The monoisotopic (exact) mass is 1080 g/mol. The molecule has 11 aromatic carbocycles. The predicted molar refractivity (Wildman–Crippen MR) is 353 cm³/mol. The average Bonchev–Trinajstić information content (AvgIpc) is 3.77. The van der Waals surface area contributed by atoms with E-state index < -0.39 is 8.07 Å². The molecule has 12 aromatic rings. The summed E-state index contributed by atoms with van der Waals surface area (Å²) in [6, 6.07) is 105. The van der Waals surface area contributed by atoms with Gasteiger partial charge in [-0.05, 0) is 145 Å². The van der Waals surface area contributed by atoms with Crippen molar-refractivity contribution in [2.24, 2.45) is 0 Å². The number of hydrogen-bond acceptors (Lipinski definition) is 5. The number of benzene rings is 11. The van der Waals surface area contributed by atoms with Crippen molar-refractivity contribution in [3.8, 4) is 11.1 Å². The van der Waals surface area contributed by atoms with Crippen LogP contribution in [0.25, 0.3) is 21.2 Å². The van der Waals surface area contributed by atoms with Gasteiger partial charge in [-0.3, -0.25) is 0 Å². The summed E-state index contributed by atoms with van der Waals surface area (Å²) in [5.74, 6) is 0. The van der Waals surface area contributed by atoms with E-state index in [0.717, 1.165) is 50.9 Å². The molecule has 2 aliphatic heterocycles. The minimum Gasteiger partial charge on any atom is -0.378 e. The Morgan fingerprint density at radius 2 is 0.926 bits per heavy atom. The second-order valence-electron chi connectivity index (χ2n) is 22.7. The van der Waals surface area contributed by atoms with E-state index in [1.165, 1.54) is 69.2 Å². The van der Waals surface area contributed by atoms with Crippen LogP contribution in [0.15, 0.2) is 279 Å². The summed E-state index contributed by atoms with van der Waals surface area (Å²) in [5.41, 5.74) is 17.5. The predicted octanol–water partition coefficient (Wildman–Crippen LogP) is 14.9. The molecular formula is C74H61BN4SSi. The van der Waals surface area contributed by atoms with Gasteiger partial charge in [-0.25, -0.2) is 0 Å². The van der Waals surface area contributed by atoms with Gasteiger partial charge in [0.25, 0.3) is 6.71 Å². The van der Waals surface area contributed by atoms with E-state index in [4.69, 9.17) is 0 Å². The van der Waals surface area contributed by atoms with Gasteiger partial charge in [0.1, 0.15) is 0 Å². The topological polar surface area (TPSA) is 13.0 Å². The fraction of sp³-hybridized carbons (Fsp3) is 0.0811. The first-order chi connectivity index (χ1) is 39.7. The molecule has 0 spiro atoms.